The van der Waals surface area contributed by atoms with Crippen LogP contribution >= 0.6 is 23.2 Å². The van der Waals surface area contributed by atoms with Gasteiger partial charge in [-0.2, -0.15) is 0 Å². The molecule has 0 aliphatic rings. The maximum Gasteiger partial charge on any atom is 0.318 e. The molecule has 0 saturated heterocycles. The van der Waals surface area contributed by atoms with E-state index < -0.39 is 17.3 Å². The maximum absolute atomic E-state index is 11.7. The van der Waals surface area contributed by atoms with E-state index >= 15 is 0 Å². The van der Waals surface area contributed by atoms with Crippen molar-refractivity contribution >= 4 is 40.8 Å². The number of carbonyl (C=O) groups excluding carboxylic acids is 1. The van der Waals surface area contributed by atoms with Gasteiger partial charge in [-0.25, -0.2) is 0 Å². The molecular weight excluding hydrogens is 265 g/mol. The normalized spacial score (nSPS) is 11.1. The highest BCUT2D eigenvalue weighted by Crippen LogP contribution is 2.27. The highest BCUT2D eigenvalue weighted by atomic mass is 35.5. The first kappa shape index (κ1) is 13.8. The van der Waals surface area contributed by atoms with Crippen LogP contribution in [0.3, 0.4) is 0 Å². The number of amides is 1. The van der Waals surface area contributed by atoms with Crippen molar-refractivity contribution in [3.05, 3.63) is 28.2 Å². The fraction of sp³-hybridized carbons (Fsp3) is 0.273. The summed E-state index contributed by atoms with van der Waals surface area (Å²) in [6.07, 6.45) is 0. The molecule has 0 saturated carbocycles. The van der Waals surface area contributed by atoms with E-state index in [4.69, 9.17) is 28.3 Å². The molecule has 0 radical (unpaired) electrons. The molecule has 0 bridgehead atoms. The number of halogens is 2. The van der Waals surface area contributed by atoms with Gasteiger partial charge in [0.2, 0.25) is 5.91 Å². The van der Waals surface area contributed by atoms with Gasteiger partial charge >= 0.3 is 5.97 Å². The van der Waals surface area contributed by atoms with Crippen LogP contribution in [0.15, 0.2) is 18.2 Å². The number of hydrogen-bond donors (Lipinski definition) is 2. The third-order valence-electron chi connectivity index (χ3n) is 2.28. The summed E-state index contributed by atoms with van der Waals surface area (Å²) in [6, 6.07) is 4.55. The summed E-state index contributed by atoms with van der Waals surface area (Å²) < 4.78 is 0. The highest BCUT2D eigenvalue weighted by molar-refractivity contribution is 6.35. The van der Waals surface area contributed by atoms with Gasteiger partial charge < -0.3 is 10.4 Å². The lowest BCUT2D eigenvalue weighted by atomic mass is 9.92. The Labute approximate surface area is 109 Å². The predicted molar refractivity (Wildman–Crippen MR) is 66.5 cm³/mol. The number of benzene rings is 1. The molecule has 0 aliphatic heterocycles. The van der Waals surface area contributed by atoms with Gasteiger partial charge in [0.1, 0.15) is 5.41 Å². The summed E-state index contributed by atoms with van der Waals surface area (Å²) in [7, 11) is 0. The number of carboxylic acid groups (broad SMARTS) is 1. The Balaban J connectivity index is 2.96. The molecule has 0 fully saturated rings. The average molecular weight is 276 g/mol. The Morgan fingerprint density at radius 1 is 1.29 bits per heavy atom. The molecule has 2 N–H and O–H groups in total. The van der Waals surface area contributed by atoms with Crippen LogP contribution in [0, 0.1) is 5.41 Å². The molecule has 1 aromatic carbocycles. The zero-order valence-electron chi connectivity index (χ0n) is 9.25. The molecule has 0 heterocycles. The SMILES string of the molecule is CC(C)(C(=O)O)C(=O)Nc1cc(Cl)ccc1Cl. The van der Waals surface area contributed by atoms with E-state index in [-0.39, 0.29) is 0 Å². The topological polar surface area (TPSA) is 66.4 Å². The number of aliphatic carboxylic acids is 1. The van der Waals surface area contributed by atoms with Gasteiger partial charge in [-0.15, -0.1) is 0 Å². The number of carboxylic acids is 1. The summed E-state index contributed by atoms with van der Waals surface area (Å²) in [5, 5.41) is 12.0. The standard InChI is InChI=1S/C11H11Cl2NO3/c1-11(2,10(16)17)9(15)14-8-5-6(12)3-4-7(8)13/h3-5H,1-2H3,(H,14,15)(H,16,17). The first-order valence-electron chi connectivity index (χ1n) is 4.75. The fourth-order valence-corrected chi connectivity index (χ4v) is 1.31. The van der Waals surface area contributed by atoms with Crippen molar-refractivity contribution in [2.45, 2.75) is 13.8 Å². The second kappa shape index (κ2) is 4.94. The molecule has 4 nitrogen and oxygen atoms in total. The van der Waals surface area contributed by atoms with Crippen molar-refractivity contribution in [1.82, 2.24) is 0 Å². The summed E-state index contributed by atoms with van der Waals surface area (Å²) >= 11 is 11.6. The number of hydrogen-bond acceptors (Lipinski definition) is 2. The zero-order valence-corrected chi connectivity index (χ0v) is 10.8. The molecule has 92 valence electrons. The molecule has 1 aromatic rings. The Morgan fingerprint density at radius 3 is 2.41 bits per heavy atom. The third-order valence-corrected chi connectivity index (χ3v) is 2.84. The summed E-state index contributed by atoms with van der Waals surface area (Å²) in [4.78, 5) is 22.6. The van der Waals surface area contributed by atoms with Crippen LogP contribution in [0.4, 0.5) is 5.69 Å². The smallest absolute Gasteiger partial charge is 0.318 e. The van der Waals surface area contributed by atoms with Crippen molar-refractivity contribution in [2.75, 3.05) is 5.32 Å². The summed E-state index contributed by atoms with van der Waals surface area (Å²) in [5.74, 6) is -1.87. The fourth-order valence-electron chi connectivity index (χ4n) is 0.969. The lowest BCUT2D eigenvalue weighted by molar-refractivity contribution is -0.151. The number of carbonyl (C=O) groups is 2. The lowest BCUT2D eigenvalue weighted by Crippen LogP contribution is -2.37. The van der Waals surface area contributed by atoms with E-state index in [9.17, 15) is 9.59 Å². The van der Waals surface area contributed by atoms with Gasteiger partial charge in [-0.1, -0.05) is 23.2 Å². The molecule has 6 heteroatoms. The molecule has 0 spiro atoms. The molecular formula is C11H11Cl2NO3. The summed E-state index contributed by atoms with van der Waals surface area (Å²) in [5.41, 5.74) is -1.25. The number of anilines is 1. The van der Waals surface area contributed by atoms with Crippen molar-refractivity contribution in [1.29, 1.82) is 0 Å². The van der Waals surface area contributed by atoms with Crippen LogP contribution in [0.25, 0.3) is 0 Å². The van der Waals surface area contributed by atoms with Gasteiger partial charge in [-0.05, 0) is 32.0 Å². The van der Waals surface area contributed by atoms with E-state index in [1.54, 1.807) is 6.07 Å². The van der Waals surface area contributed by atoms with Crippen LogP contribution in [-0.2, 0) is 9.59 Å². The van der Waals surface area contributed by atoms with Crippen LogP contribution in [0.5, 0.6) is 0 Å². The minimum atomic E-state index is -1.54. The van der Waals surface area contributed by atoms with Gasteiger partial charge in [0.15, 0.2) is 0 Å². The molecule has 0 aromatic heterocycles. The Morgan fingerprint density at radius 2 is 1.88 bits per heavy atom. The molecule has 0 aliphatic carbocycles. The second-order valence-corrected chi connectivity index (χ2v) is 4.85. The molecule has 1 rings (SSSR count). The van der Waals surface area contributed by atoms with E-state index in [0.717, 1.165) is 0 Å². The minimum absolute atomic E-state index is 0.290. The first-order valence-corrected chi connectivity index (χ1v) is 5.50. The predicted octanol–water partition coefficient (Wildman–Crippen LogP) is 3.04. The number of rotatable bonds is 3. The largest absolute Gasteiger partial charge is 0.480 e. The third kappa shape index (κ3) is 3.11. The second-order valence-electron chi connectivity index (χ2n) is 4.01. The van der Waals surface area contributed by atoms with E-state index in [1.165, 1.54) is 26.0 Å². The monoisotopic (exact) mass is 275 g/mol. The molecule has 1 amide bonds. The van der Waals surface area contributed by atoms with Gasteiger partial charge in [0.25, 0.3) is 0 Å². The Kier molecular flexibility index (Phi) is 4.01. The average Bonchev–Trinajstić information content (AvgIpc) is 2.23. The number of nitrogens with one attached hydrogen (secondary N) is 1. The lowest BCUT2D eigenvalue weighted by Gasteiger charge is -2.18. The van der Waals surface area contributed by atoms with Crippen molar-refractivity contribution < 1.29 is 14.7 Å². The highest BCUT2D eigenvalue weighted by Gasteiger charge is 2.36. The Bertz CT molecular complexity index is 472. The van der Waals surface area contributed by atoms with Gasteiger partial charge in [0, 0.05) is 5.02 Å². The van der Waals surface area contributed by atoms with Crippen molar-refractivity contribution in [2.24, 2.45) is 5.41 Å². The van der Waals surface area contributed by atoms with Crippen molar-refractivity contribution in [3.63, 3.8) is 0 Å². The minimum Gasteiger partial charge on any atom is -0.480 e. The van der Waals surface area contributed by atoms with E-state index in [1.807, 2.05) is 0 Å². The van der Waals surface area contributed by atoms with Crippen LogP contribution in [0.2, 0.25) is 10.0 Å². The molecule has 0 unspecified atom stereocenters. The summed E-state index contributed by atoms with van der Waals surface area (Å²) in [6.45, 7) is 2.62. The van der Waals surface area contributed by atoms with Crippen LogP contribution < -0.4 is 5.32 Å². The van der Waals surface area contributed by atoms with Crippen LogP contribution in [0.1, 0.15) is 13.8 Å². The van der Waals surface area contributed by atoms with Crippen LogP contribution in [-0.4, -0.2) is 17.0 Å². The first-order chi connectivity index (χ1) is 7.75. The maximum atomic E-state index is 11.7. The van der Waals surface area contributed by atoms with Gasteiger partial charge in [0.05, 0.1) is 10.7 Å². The Hall–Kier alpha value is -1.26. The quantitative estimate of drug-likeness (QED) is 0.834. The van der Waals surface area contributed by atoms with E-state index in [2.05, 4.69) is 5.32 Å². The molecule has 17 heavy (non-hydrogen) atoms. The molecule has 0 atom stereocenters. The van der Waals surface area contributed by atoms with E-state index in [0.29, 0.717) is 15.7 Å². The zero-order chi connectivity index (χ0) is 13.2. The van der Waals surface area contributed by atoms with Crippen molar-refractivity contribution in [3.8, 4) is 0 Å². The van der Waals surface area contributed by atoms with Gasteiger partial charge in [-0.3, -0.25) is 9.59 Å².